The van der Waals surface area contributed by atoms with Gasteiger partial charge in [0, 0.05) is 10.0 Å². The van der Waals surface area contributed by atoms with Gasteiger partial charge >= 0.3 is 0 Å². The smallest absolute Gasteiger partial charge is 0.258 e. The molecular formula is C15H12Cl2FNO2. The van der Waals surface area contributed by atoms with E-state index in [-0.39, 0.29) is 0 Å². The molecule has 1 unspecified atom stereocenters. The van der Waals surface area contributed by atoms with E-state index in [1.165, 1.54) is 12.1 Å². The zero-order chi connectivity index (χ0) is 15.6. The average Bonchev–Trinajstić information content (AvgIpc) is 2.37. The Balaban J connectivity index is 2.23. The minimum Gasteiger partial charge on any atom is -0.507 e. The lowest BCUT2D eigenvalue weighted by Crippen LogP contribution is -2.27. The quantitative estimate of drug-likeness (QED) is 0.881. The van der Waals surface area contributed by atoms with Gasteiger partial charge in [-0.1, -0.05) is 35.3 Å². The van der Waals surface area contributed by atoms with Gasteiger partial charge in [-0.2, -0.15) is 0 Å². The number of benzene rings is 2. The maximum Gasteiger partial charge on any atom is 0.258 e. The number of carbonyl (C=O) groups is 1. The fourth-order valence-electron chi connectivity index (χ4n) is 1.94. The first-order valence-electron chi connectivity index (χ1n) is 6.13. The average molecular weight is 328 g/mol. The first-order valence-corrected chi connectivity index (χ1v) is 6.89. The molecule has 0 saturated carbocycles. The van der Waals surface area contributed by atoms with Crippen molar-refractivity contribution in [2.24, 2.45) is 0 Å². The summed E-state index contributed by atoms with van der Waals surface area (Å²) in [5, 5.41) is 13.1. The summed E-state index contributed by atoms with van der Waals surface area (Å²) in [6.45, 7) is 1.70. The summed E-state index contributed by atoms with van der Waals surface area (Å²) < 4.78 is 13.6. The highest BCUT2D eigenvalue weighted by Crippen LogP contribution is 2.27. The molecule has 2 rings (SSSR count). The zero-order valence-corrected chi connectivity index (χ0v) is 12.5. The Labute approximate surface area is 131 Å². The van der Waals surface area contributed by atoms with E-state index in [4.69, 9.17) is 23.2 Å². The molecule has 0 aliphatic rings. The molecule has 0 heterocycles. The highest BCUT2D eigenvalue weighted by Gasteiger charge is 2.19. The molecule has 2 N–H and O–H groups in total. The summed E-state index contributed by atoms with van der Waals surface area (Å²) in [4.78, 5) is 12.1. The van der Waals surface area contributed by atoms with Crippen molar-refractivity contribution in [1.82, 2.24) is 5.32 Å². The van der Waals surface area contributed by atoms with Crippen LogP contribution in [0.1, 0.15) is 28.9 Å². The van der Waals surface area contributed by atoms with E-state index < -0.39 is 29.1 Å². The van der Waals surface area contributed by atoms with Crippen LogP contribution in [0.2, 0.25) is 10.0 Å². The summed E-state index contributed by atoms with van der Waals surface area (Å²) in [6, 6.07) is 8.08. The molecule has 1 amide bonds. The number of phenols is 1. The summed E-state index contributed by atoms with van der Waals surface area (Å²) >= 11 is 11.9. The van der Waals surface area contributed by atoms with E-state index in [9.17, 15) is 14.3 Å². The van der Waals surface area contributed by atoms with Crippen molar-refractivity contribution in [2.45, 2.75) is 13.0 Å². The van der Waals surface area contributed by atoms with Crippen molar-refractivity contribution in [1.29, 1.82) is 0 Å². The van der Waals surface area contributed by atoms with Crippen LogP contribution in [-0.4, -0.2) is 11.0 Å². The van der Waals surface area contributed by atoms with Gasteiger partial charge in [-0.15, -0.1) is 0 Å². The van der Waals surface area contributed by atoms with Crippen LogP contribution in [0.3, 0.4) is 0 Å². The van der Waals surface area contributed by atoms with E-state index in [1.807, 2.05) is 0 Å². The van der Waals surface area contributed by atoms with E-state index in [0.717, 1.165) is 6.07 Å². The normalized spacial score (nSPS) is 12.0. The number of hydrogen-bond acceptors (Lipinski definition) is 2. The first kappa shape index (κ1) is 15.6. The highest BCUT2D eigenvalue weighted by molar-refractivity contribution is 6.35. The van der Waals surface area contributed by atoms with Crippen molar-refractivity contribution in [3.8, 4) is 5.75 Å². The number of rotatable bonds is 3. The Hall–Kier alpha value is -1.78. The van der Waals surface area contributed by atoms with Gasteiger partial charge in [-0.3, -0.25) is 4.79 Å². The Morgan fingerprint density at radius 2 is 2.00 bits per heavy atom. The predicted molar refractivity (Wildman–Crippen MR) is 80.4 cm³/mol. The van der Waals surface area contributed by atoms with Crippen LogP contribution in [0, 0.1) is 5.82 Å². The SMILES string of the molecule is CC(NC(=O)c1c(O)cccc1F)c1ccc(Cl)cc1Cl. The van der Waals surface area contributed by atoms with E-state index in [0.29, 0.717) is 15.6 Å². The molecule has 0 aliphatic heterocycles. The third-order valence-electron chi connectivity index (χ3n) is 3.00. The van der Waals surface area contributed by atoms with Gasteiger partial charge < -0.3 is 10.4 Å². The van der Waals surface area contributed by atoms with Crippen molar-refractivity contribution in [2.75, 3.05) is 0 Å². The van der Waals surface area contributed by atoms with E-state index in [2.05, 4.69) is 5.32 Å². The lowest BCUT2D eigenvalue weighted by molar-refractivity contribution is 0.0933. The summed E-state index contributed by atoms with van der Waals surface area (Å²) in [5.74, 6) is -1.92. The van der Waals surface area contributed by atoms with Crippen LogP contribution in [-0.2, 0) is 0 Å². The Morgan fingerprint density at radius 3 is 2.62 bits per heavy atom. The molecule has 0 spiro atoms. The van der Waals surface area contributed by atoms with Crippen LogP contribution in [0.15, 0.2) is 36.4 Å². The molecule has 2 aromatic carbocycles. The number of nitrogens with one attached hydrogen (secondary N) is 1. The molecule has 0 aliphatic carbocycles. The molecule has 0 radical (unpaired) electrons. The fourth-order valence-corrected chi connectivity index (χ4v) is 2.51. The molecule has 1 atom stereocenters. The summed E-state index contributed by atoms with van der Waals surface area (Å²) in [6.07, 6.45) is 0. The molecule has 110 valence electrons. The third kappa shape index (κ3) is 3.46. The van der Waals surface area contributed by atoms with Crippen LogP contribution in [0.4, 0.5) is 4.39 Å². The maximum absolute atomic E-state index is 13.6. The van der Waals surface area contributed by atoms with E-state index >= 15 is 0 Å². The van der Waals surface area contributed by atoms with E-state index in [1.54, 1.807) is 25.1 Å². The second-order valence-electron chi connectivity index (χ2n) is 4.49. The topological polar surface area (TPSA) is 49.3 Å². The molecule has 2 aromatic rings. The van der Waals surface area contributed by atoms with Crippen molar-refractivity contribution >= 4 is 29.1 Å². The standard InChI is InChI=1S/C15H12Cl2FNO2/c1-8(10-6-5-9(16)7-11(10)17)19-15(21)14-12(18)3-2-4-13(14)20/h2-8,20H,1H3,(H,19,21). The van der Waals surface area contributed by atoms with Gasteiger partial charge in [0.15, 0.2) is 0 Å². The molecule has 0 saturated heterocycles. The van der Waals surface area contributed by atoms with Gasteiger partial charge in [0.05, 0.1) is 6.04 Å². The van der Waals surface area contributed by atoms with Gasteiger partial charge in [0.1, 0.15) is 17.1 Å². The number of aromatic hydroxyl groups is 1. The Morgan fingerprint density at radius 1 is 1.29 bits per heavy atom. The lowest BCUT2D eigenvalue weighted by atomic mass is 10.1. The van der Waals surface area contributed by atoms with Crippen LogP contribution in [0.5, 0.6) is 5.75 Å². The molecule has 0 aromatic heterocycles. The van der Waals surface area contributed by atoms with Crippen molar-refractivity contribution in [3.63, 3.8) is 0 Å². The first-order chi connectivity index (χ1) is 9.90. The third-order valence-corrected chi connectivity index (χ3v) is 3.56. The number of halogens is 3. The molecule has 3 nitrogen and oxygen atoms in total. The van der Waals surface area contributed by atoms with Crippen LogP contribution >= 0.6 is 23.2 Å². The second-order valence-corrected chi connectivity index (χ2v) is 5.34. The molecule has 21 heavy (non-hydrogen) atoms. The summed E-state index contributed by atoms with van der Waals surface area (Å²) in [5.41, 5.74) is 0.250. The van der Waals surface area contributed by atoms with Crippen LogP contribution in [0.25, 0.3) is 0 Å². The van der Waals surface area contributed by atoms with Gasteiger partial charge in [-0.25, -0.2) is 4.39 Å². The van der Waals surface area contributed by atoms with Crippen molar-refractivity contribution in [3.05, 3.63) is 63.4 Å². The predicted octanol–water partition coefficient (Wildman–Crippen LogP) is 4.33. The number of carbonyl (C=O) groups excluding carboxylic acids is 1. The Bertz CT molecular complexity index is 671. The number of hydrogen-bond donors (Lipinski definition) is 2. The Kier molecular flexibility index (Phi) is 4.70. The molecule has 6 heteroatoms. The monoisotopic (exact) mass is 327 g/mol. The van der Waals surface area contributed by atoms with Gasteiger partial charge in [0.2, 0.25) is 0 Å². The number of phenolic OH excluding ortho intramolecular Hbond substituents is 1. The minimum atomic E-state index is -0.790. The molecule has 0 fully saturated rings. The minimum absolute atomic E-state index is 0.394. The number of amides is 1. The van der Waals surface area contributed by atoms with Gasteiger partial charge in [-0.05, 0) is 36.8 Å². The summed E-state index contributed by atoms with van der Waals surface area (Å²) in [7, 11) is 0. The largest absolute Gasteiger partial charge is 0.507 e. The fraction of sp³-hybridized carbons (Fsp3) is 0.133. The highest BCUT2D eigenvalue weighted by atomic mass is 35.5. The molecule has 0 bridgehead atoms. The maximum atomic E-state index is 13.6. The van der Waals surface area contributed by atoms with Crippen molar-refractivity contribution < 1.29 is 14.3 Å². The zero-order valence-electron chi connectivity index (χ0n) is 11.0. The van der Waals surface area contributed by atoms with Crippen LogP contribution < -0.4 is 5.32 Å². The lowest BCUT2D eigenvalue weighted by Gasteiger charge is -2.16. The molecular weight excluding hydrogens is 316 g/mol. The second kappa shape index (κ2) is 6.33. The van der Waals surface area contributed by atoms with Gasteiger partial charge in [0.25, 0.3) is 5.91 Å².